The van der Waals surface area contributed by atoms with Crippen LogP contribution >= 0.6 is 15.9 Å². The van der Waals surface area contributed by atoms with Crippen molar-refractivity contribution in [2.24, 2.45) is 0 Å². The molecule has 1 aliphatic rings. The average Bonchev–Trinajstić information content (AvgIpc) is 2.56. The van der Waals surface area contributed by atoms with Crippen LogP contribution in [-0.4, -0.2) is 25.8 Å². The van der Waals surface area contributed by atoms with E-state index in [1.807, 2.05) is 30.3 Å². The maximum Gasteiger partial charge on any atom is 0.151 e. The molecule has 0 radical (unpaired) electrons. The fourth-order valence-corrected chi connectivity index (χ4v) is 2.93. The van der Waals surface area contributed by atoms with Crippen LogP contribution in [0.4, 0.5) is 4.39 Å². The predicted molar refractivity (Wildman–Crippen MR) is 86.5 cm³/mol. The Bertz CT molecular complexity index is 617. The van der Waals surface area contributed by atoms with Crippen molar-refractivity contribution in [2.75, 3.05) is 19.7 Å². The molecule has 22 heavy (non-hydrogen) atoms. The van der Waals surface area contributed by atoms with Crippen molar-refractivity contribution >= 4 is 15.9 Å². The predicted octanol–water partition coefficient (Wildman–Crippen LogP) is 3.70. The summed E-state index contributed by atoms with van der Waals surface area (Å²) in [4.78, 5) is 0. The van der Waals surface area contributed by atoms with E-state index in [9.17, 15) is 4.39 Å². The smallest absolute Gasteiger partial charge is 0.151 e. The number of benzene rings is 2. The quantitative estimate of drug-likeness (QED) is 0.895. The number of hydrogen-bond donors (Lipinski definition) is 1. The summed E-state index contributed by atoms with van der Waals surface area (Å²) in [5.41, 5.74) is 1.03. The molecule has 2 atom stereocenters. The van der Waals surface area contributed by atoms with Crippen molar-refractivity contribution in [3.8, 4) is 5.75 Å². The first kappa shape index (κ1) is 15.5. The minimum atomic E-state index is -0.300. The molecule has 0 aromatic heterocycles. The standard InChI is InChI=1S/C17H17BrFNO2/c18-14-10-13(19)6-7-15(14)22-17(12-4-2-1-3-5-12)16-11-20-8-9-21-16/h1-7,10,16-17,20H,8-9,11H2/t16-,17-/m0/s1. The Balaban J connectivity index is 1.87. The van der Waals surface area contributed by atoms with Crippen LogP contribution in [0.15, 0.2) is 53.0 Å². The minimum Gasteiger partial charge on any atom is -0.482 e. The van der Waals surface area contributed by atoms with Gasteiger partial charge in [-0.3, -0.25) is 0 Å². The maximum absolute atomic E-state index is 13.2. The summed E-state index contributed by atoms with van der Waals surface area (Å²) >= 11 is 3.35. The molecule has 1 heterocycles. The Morgan fingerprint density at radius 2 is 2.05 bits per heavy atom. The van der Waals surface area contributed by atoms with Crippen molar-refractivity contribution < 1.29 is 13.9 Å². The van der Waals surface area contributed by atoms with Gasteiger partial charge in [0.05, 0.1) is 11.1 Å². The van der Waals surface area contributed by atoms with Gasteiger partial charge in [-0.15, -0.1) is 0 Å². The first-order valence-corrected chi connectivity index (χ1v) is 8.02. The first-order valence-electron chi connectivity index (χ1n) is 7.23. The third kappa shape index (κ3) is 3.66. The second-order valence-electron chi connectivity index (χ2n) is 5.14. The highest BCUT2D eigenvalue weighted by molar-refractivity contribution is 9.10. The van der Waals surface area contributed by atoms with Crippen LogP contribution in [0.5, 0.6) is 5.75 Å². The molecule has 1 aliphatic heterocycles. The SMILES string of the molecule is Fc1ccc(O[C@@H](c2ccccc2)[C@@H]2CNCCO2)c(Br)c1. The summed E-state index contributed by atoms with van der Waals surface area (Å²) in [5, 5.41) is 3.32. The van der Waals surface area contributed by atoms with E-state index >= 15 is 0 Å². The second kappa shape index (κ2) is 7.22. The maximum atomic E-state index is 13.2. The van der Waals surface area contributed by atoms with Crippen LogP contribution < -0.4 is 10.1 Å². The zero-order chi connectivity index (χ0) is 15.4. The van der Waals surface area contributed by atoms with E-state index in [4.69, 9.17) is 9.47 Å². The molecule has 0 unspecified atom stereocenters. The van der Waals surface area contributed by atoms with Crippen molar-refractivity contribution in [3.63, 3.8) is 0 Å². The van der Waals surface area contributed by atoms with Gasteiger partial charge in [-0.25, -0.2) is 4.39 Å². The van der Waals surface area contributed by atoms with Gasteiger partial charge >= 0.3 is 0 Å². The average molecular weight is 366 g/mol. The molecule has 1 N–H and O–H groups in total. The molecule has 2 aromatic carbocycles. The fraction of sp³-hybridized carbons (Fsp3) is 0.294. The zero-order valence-corrected chi connectivity index (χ0v) is 13.6. The lowest BCUT2D eigenvalue weighted by molar-refractivity contribution is -0.0434. The van der Waals surface area contributed by atoms with E-state index in [0.29, 0.717) is 16.8 Å². The minimum absolute atomic E-state index is 0.0897. The third-order valence-electron chi connectivity index (χ3n) is 3.57. The van der Waals surface area contributed by atoms with Gasteiger partial charge in [-0.1, -0.05) is 30.3 Å². The van der Waals surface area contributed by atoms with Crippen LogP contribution in [0.1, 0.15) is 11.7 Å². The highest BCUT2D eigenvalue weighted by atomic mass is 79.9. The van der Waals surface area contributed by atoms with Crippen LogP contribution in [0.25, 0.3) is 0 Å². The van der Waals surface area contributed by atoms with Crippen LogP contribution in [0, 0.1) is 5.82 Å². The summed E-state index contributed by atoms with van der Waals surface area (Å²) in [6.45, 7) is 2.22. The van der Waals surface area contributed by atoms with E-state index in [1.54, 1.807) is 6.07 Å². The molecule has 1 fully saturated rings. The molecule has 0 amide bonds. The molecule has 0 aliphatic carbocycles. The van der Waals surface area contributed by atoms with Gasteiger partial charge in [0.1, 0.15) is 17.7 Å². The van der Waals surface area contributed by atoms with E-state index in [1.165, 1.54) is 12.1 Å². The van der Waals surface area contributed by atoms with E-state index in [0.717, 1.165) is 18.7 Å². The van der Waals surface area contributed by atoms with Gasteiger partial charge < -0.3 is 14.8 Å². The van der Waals surface area contributed by atoms with Crippen molar-refractivity contribution in [1.29, 1.82) is 0 Å². The Kier molecular flexibility index (Phi) is 5.08. The molecule has 5 heteroatoms. The number of hydrogen-bond acceptors (Lipinski definition) is 3. The molecule has 0 spiro atoms. The largest absolute Gasteiger partial charge is 0.482 e. The van der Waals surface area contributed by atoms with Crippen LogP contribution in [0.3, 0.4) is 0 Å². The van der Waals surface area contributed by atoms with Gasteiger partial charge in [0.15, 0.2) is 6.10 Å². The second-order valence-corrected chi connectivity index (χ2v) is 5.99. The van der Waals surface area contributed by atoms with E-state index in [2.05, 4.69) is 21.2 Å². The Hall–Kier alpha value is -1.43. The van der Waals surface area contributed by atoms with Crippen LogP contribution in [0.2, 0.25) is 0 Å². The summed E-state index contributed by atoms with van der Waals surface area (Å²) in [6.07, 6.45) is -0.344. The van der Waals surface area contributed by atoms with Crippen LogP contribution in [-0.2, 0) is 4.74 Å². The third-order valence-corrected chi connectivity index (χ3v) is 4.19. The number of morpholine rings is 1. The van der Waals surface area contributed by atoms with Gasteiger partial charge in [0.25, 0.3) is 0 Å². The van der Waals surface area contributed by atoms with Gasteiger partial charge in [-0.2, -0.15) is 0 Å². The Labute approximate surface area is 137 Å². The lowest BCUT2D eigenvalue weighted by atomic mass is 10.0. The van der Waals surface area contributed by atoms with Crippen molar-refractivity contribution in [1.82, 2.24) is 5.32 Å². The molecule has 1 saturated heterocycles. The first-order chi connectivity index (χ1) is 10.7. The Morgan fingerprint density at radius 1 is 1.23 bits per heavy atom. The number of rotatable bonds is 4. The summed E-state index contributed by atoms with van der Waals surface area (Å²) < 4.78 is 25.8. The molecular weight excluding hydrogens is 349 g/mol. The fourth-order valence-electron chi connectivity index (χ4n) is 2.49. The highest BCUT2D eigenvalue weighted by Gasteiger charge is 2.28. The topological polar surface area (TPSA) is 30.5 Å². The molecular formula is C17H17BrFNO2. The van der Waals surface area contributed by atoms with Gasteiger partial charge in [-0.05, 0) is 39.7 Å². The summed E-state index contributed by atoms with van der Waals surface area (Å²) in [6, 6.07) is 14.4. The lowest BCUT2D eigenvalue weighted by Crippen LogP contribution is -2.43. The van der Waals surface area contributed by atoms with Crippen molar-refractivity contribution in [2.45, 2.75) is 12.2 Å². The molecule has 0 bridgehead atoms. The molecule has 2 aromatic rings. The van der Waals surface area contributed by atoms with Gasteiger partial charge in [0.2, 0.25) is 0 Å². The molecule has 3 rings (SSSR count). The highest BCUT2D eigenvalue weighted by Crippen LogP contribution is 2.32. The number of halogens is 2. The van der Waals surface area contributed by atoms with E-state index < -0.39 is 0 Å². The monoisotopic (exact) mass is 365 g/mol. The summed E-state index contributed by atoms with van der Waals surface area (Å²) in [7, 11) is 0. The molecule has 116 valence electrons. The molecule has 3 nitrogen and oxygen atoms in total. The lowest BCUT2D eigenvalue weighted by Gasteiger charge is -2.31. The zero-order valence-electron chi connectivity index (χ0n) is 12.0. The Morgan fingerprint density at radius 3 is 2.73 bits per heavy atom. The summed E-state index contributed by atoms with van der Waals surface area (Å²) in [5.74, 6) is 0.301. The normalized spacial score (nSPS) is 19.6. The number of ether oxygens (including phenoxy) is 2. The van der Waals surface area contributed by atoms with Crippen molar-refractivity contribution in [3.05, 3.63) is 64.4 Å². The molecule has 0 saturated carbocycles. The van der Waals surface area contributed by atoms with E-state index in [-0.39, 0.29) is 18.0 Å². The van der Waals surface area contributed by atoms with Gasteiger partial charge in [0, 0.05) is 13.1 Å². The number of nitrogens with one attached hydrogen (secondary N) is 1.